The predicted molar refractivity (Wildman–Crippen MR) is 144 cm³/mol. The molecular weight excluding hydrogens is 488 g/mol. The molecule has 0 atom stereocenters. The normalized spacial score (nSPS) is 16.8. The molecule has 0 radical (unpaired) electrons. The third-order valence-corrected chi connectivity index (χ3v) is 6.44. The molecule has 3 rings (SSSR count). The van der Waals surface area contributed by atoms with E-state index in [1.54, 1.807) is 62.8 Å². The molecule has 204 valence electrons. The van der Waals surface area contributed by atoms with Crippen LogP contribution in [-0.4, -0.2) is 64.2 Å². The number of nitrogens with one attached hydrogen (secondary N) is 4. The van der Waals surface area contributed by atoms with E-state index in [4.69, 9.17) is 9.47 Å². The maximum Gasteiger partial charge on any atom is 0.251 e. The molecule has 1 saturated carbocycles. The average Bonchev–Trinajstić information content (AvgIpc) is 2.93. The molecule has 0 unspecified atom stereocenters. The number of hydrogen-bond donors (Lipinski definition) is 4. The summed E-state index contributed by atoms with van der Waals surface area (Å²) in [7, 11) is 3.13. The Morgan fingerprint density at radius 3 is 1.45 bits per heavy atom. The Balaban J connectivity index is 1.47. The Morgan fingerprint density at radius 1 is 0.684 bits per heavy atom. The van der Waals surface area contributed by atoms with Gasteiger partial charge in [-0.1, -0.05) is 12.1 Å². The van der Waals surface area contributed by atoms with Gasteiger partial charge in [0.05, 0.1) is 13.2 Å². The molecule has 0 spiro atoms. The zero-order valence-electron chi connectivity index (χ0n) is 21.9. The van der Waals surface area contributed by atoms with E-state index < -0.39 is 0 Å². The summed E-state index contributed by atoms with van der Waals surface area (Å²) in [6.07, 6.45) is 2.35. The summed E-state index contributed by atoms with van der Waals surface area (Å²) >= 11 is 0. The lowest BCUT2D eigenvalue weighted by Crippen LogP contribution is -2.32. The van der Waals surface area contributed by atoms with Gasteiger partial charge in [0.2, 0.25) is 11.8 Å². The Hall–Kier alpha value is -3.76. The van der Waals surface area contributed by atoms with Crippen molar-refractivity contribution in [3.63, 3.8) is 0 Å². The highest BCUT2D eigenvalue weighted by atomic mass is 16.5. The highest BCUT2D eigenvalue weighted by Gasteiger charge is 2.30. The van der Waals surface area contributed by atoms with Gasteiger partial charge in [0.15, 0.2) is 0 Å². The number of methoxy groups -OCH3 is 2. The molecule has 10 nitrogen and oxygen atoms in total. The van der Waals surface area contributed by atoms with Gasteiger partial charge in [-0.2, -0.15) is 0 Å². The molecule has 0 aromatic heterocycles. The first kappa shape index (κ1) is 28.8. The molecule has 2 aromatic rings. The average molecular weight is 525 g/mol. The fraction of sp³-hybridized carbons (Fsp3) is 0.429. The Morgan fingerprint density at radius 2 is 1.08 bits per heavy atom. The first-order valence-electron chi connectivity index (χ1n) is 12.8. The number of anilines is 2. The van der Waals surface area contributed by atoms with Crippen LogP contribution in [0, 0.1) is 11.8 Å². The number of rotatable bonds is 12. The van der Waals surface area contributed by atoms with Gasteiger partial charge >= 0.3 is 0 Å². The van der Waals surface area contributed by atoms with Gasteiger partial charge in [-0.15, -0.1) is 0 Å². The first-order valence-corrected chi connectivity index (χ1v) is 12.8. The summed E-state index contributed by atoms with van der Waals surface area (Å²) in [5.41, 5.74) is 2.02. The standard InChI is InChI=1S/C28H36N4O6/c1-37-15-13-29-25(33)21-5-3-7-23(17-21)31-27(35)19-9-11-20(12-10-19)28(36)32-24-8-4-6-22(18-24)26(34)30-14-16-38-2/h3-8,17-20H,9-16H2,1-2H3,(H,29,33)(H,30,34)(H,31,35)(H,32,36). The van der Waals surface area contributed by atoms with Crippen LogP contribution in [0.4, 0.5) is 11.4 Å². The van der Waals surface area contributed by atoms with E-state index in [0.29, 0.717) is 74.5 Å². The fourth-order valence-corrected chi connectivity index (χ4v) is 4.32. The molecule has 1 aliphatic rings. The zero-order valence-corrected chi connectivity index (χ0v) is 21.9. The van der Waals surface area contributed by atoms with Crippen molar-refractivity contribution in [3.8, 4) is 0 Å². The van der Waals surface area contributed by atoms with Crippen molar-refractivity contribution in [1.82, 2.24) is 10.6 Å². The summed E-state index contributed by atoms with van der Waals surface area (Å²) in [5, 5.41) is 11.3. The summed E-state index contributed by atoms with van der Waals surface area (Å²) < 4.78 is 9.87. The van der Waals surface area contributed by atoms with Crippen LogP contribution >= 0.6 is 0 Å². The number of benzene rings is 2. The lowest BCUT2D eigenvalue weighted by molar-refractivity contribution is -0.125. The second-order valence-corrected chi connectivity index (χ2v) is 9.19. The highest BCUT2D eigenvalue weighted by molar-refractivity contribution is 5.99. The first-order chi connectivity index (χ1) is 18.4. The van der Waals surface area contributed by atoms with Crippen molar-refractivity contribution in [2.24, 2.45) is 11.8 Å². The molecule has 0 saturated heterocycles. The fourth-order valence-electron chi connectivity index (χ4n) is 4.32. The van der Waals surface area contributed by atoms with Crippen LogP contribution in [-0.2, 0) is 19.1 Å². The molecule has 2 aromatic carbocycles. The van der Waals surface area contributed by atoms with E-state index in [1.165, 1.54) is 0 Å². The van der Waals surface area contributed by atoms with E-state index in [9.17, 15) is 19.2 Å². The van der Waals surface area contributed by atoms with Gasteiger partial charge in [-0.3, -0.25) is 19.2 Å². The monoisotopic (exact) mass is 524 g/mol. The minimum absolute atomic E-state index is 0.118. The lowest BCUT2D eigenvalue weighted by Gasteiger charge is -2.27. The van der Waals surface area contributed by atoms with Gasteiger partial charge in [0.1, 0.15) is 0 Å². The molecule has 0 heterocycles. The van der Waals surface area contributed by atoms with Crippen LogP contribution in [0.1, 0.15) is 46.4 Å². The molecule has 1 aliphatic carbocycles. The maximum atomic E-state index is 12.8. The summed E-state index contributed by atoms with van der Waals surface area (Å²) in [4.78, 5) is 50.2. The minimum Gasteiger partial charge on any atom is -0.383 e. The van der Waals surface area contributed by atoms with Gasteiger partial charge in [-0.25, -0.2) is 0 Å². The Labute approximate surface area is 222 Å². The Kier molecular flexibility index (Phi) is 11.3. The summed E-state index contributed by atoms with van der Waals surface area (Å²) in [6.45, 7) is 1.64. The van der Waals surface area contributed by atoms with E-state index >= 15 is 0 Å². The molecule has 1 fully saturated rings. The predicted octanol–water partition coefficient (Wildman–Crippen LogP) is 2.82. The topological polar surface area (TPSA) is 135 Å². The number of carbonyl (C=O) groups is 4. The lowest BCUT2D eigenvalue weighted by atomic mass is 9.81. The molecule has 38 heavy (non-hydrogen) atoms. The maximum absolute atomic E-state index is 12.8. The second kappa shape index (κ2) is 14.8. The van der Waals surface area contributed by atoms with E-state index in [-0.39, 0.29) is 35.5 Å². The van der Waals surface area contributed by atoms with Crippen LogP contribution < -0.4 is 21.3 Å². The SMILES string of the molecule is COCCNC(=O)c1cccc(NC(=O)C2CCC(C(=O)Nc3cccc(C(=O)NCCOC)c3)CC2)c1. The molecule has 4 amide bonds. The van der Waals surface area contributed by atoms with Crippen molar-refractivity contribution in [2.75, 3.05) is 51.2 Å². The number of amides is 4. The van der Waals surface area contributed by atoms with Crippen molar-refractivity contribution in [1.29, 1.82) is 0 Å². The number of ether oxygens (including phenoxy) is 2. The summed E-state index contributed by atoms with van der Waals surface area (Å²) in [5.74, 6) is -1.13. The van der Waals surface area contributed by atoms with E-state index in [1.807, 2.05) is 0 Å². The largest absolute Gasteiger partial charge is 0.383 e. The molecule has 0 bridgehead atoms. The van der Waals surface area contributed by atoms with Crippen LogP contribution in [0.25, 0.3) is 0 Å². The van der Waals surface area contributed by atoms with Crippen LogP contribution in [0.5, 0.6) is 0 Å². The van der Waals surface area contributed by atoms with Crippen molar-refractivity contribution in [3.05, 3.63) is 59.7 Å². The number of carbonyl (C=O) groups excluding carboxylic acids is 4. The smallest absolute Gasteiger partial charge is 0.251 e. The third-order valence-electron chi connectivity index (χ3n) is 6.44. The second-order valence-electron chi connectivity index (χ2n) is 9.19. The van der Waals surface area contributed by atoms with Crippen molar-refractivity contribution in [2.45, 2.75) is 25.7 Å². The van der Waals surface area contributed by atoms with Gasteiger partial charge < -0.3 is 30.7 Å². The molecule has 4 N–H and O–H groups in total. The van der Waals surface area contributed by atoms with Gasteiger partial charge in [0, 0.05) is 61.6 Å². The molecule has 10 heteroatoms. The summed E-state index contributed by atoms with van der Waals surface area (Å²) in [6, 6.07) is 13.6. The Bertz CT molecular complexity index is 1030. The van der Waals surface area contributed by atoms with E-state index in [2.05, 4.69) is 21.3 Å². The van der Waals surface area contributed by atoms with E-state index in [0.717, 1.165) is 0 Å². The highest BCUT2D eigenvalue weighted by Crippen LogP contribution is 2.31. The van der Waals surface area contributed by atoms with Crippen molar-refractivity contribution < 1.29 is 28.7 Å². The molecule has 0 aliphatic heterocycles. The van der Waals surface area contributed by atoms with Gasteiger partial charge in [0.25, 0.3) is 11.8 Å². The quantitative estimate of drug-likeness (QED) is 0.316. The molecular formula is C28H36N4O6. The van der Waals surface area contributed by atoms with Crippen LogP contribution in [0.2, 0.25) is 0 Å². The van der Waals surface area contributed by atoms with Crippen molar-refractivity contribution >= 4 is 35.0 Å². The van der Waals surface area contributed by atoms with Crippen LogP contribution in [0.15, 0.2) is 48.5 Å². The zero-order chi connectivity index (χ0) is 27.3. The van der Waals surface area contributed by atoms with Crippen LogP contribution in [0.3, 0.4) is 0 Å². The van der Waals surface area contributed by atoms with Gasteiger partial charge in [-0.05, 0) is 62.1 Å². The third kappa shape index (κ3) is 8.67. The number of hydrogen-bond acceptors (Lipinski definition) is 6. The minimum atomic E-state index is -0.234.